The zero-order chi connectivity index (χ0) is 16.9. The zero-order valence-corrected chi connectivity index (χ0v) is 14.1. The highest BCUT2D eigenvalue weighted by molar-refractivity contribution is 5.79. The van der Waals surface area contributed by atoms with E-state index in [2.05, 4.69) is 5.10 Å². The summed E-state index contributed by atoms with van der Waals surface area (Å²) in [7, 11) is 0. The molecule has 2 heterocycles. The van der Waals surface area contributed by atoms with Crippen LogP contribution in [0, 0.1) is 11.7 Å². The third-order valence-electron chi connectivity index (χ3n) is 4.72. The normalized spacial score (nSPS) is 19.2. The van der Waals surface area contributed by atoms with E-state index in [4.69, 9.17) is 0 Å². The first-order valence-corrected chi connectivity index (χ1v) is 8.66. The minimum atomic E-state index is -0.248. The molecule has 2 aromatic rings. The fourth-order valence-corrected chi connectivity index (χ4v) is 3.49. The number of halogens is 1. The lowest BCUT2D eigenvalue weighted by Gasteiger charge is -2.37. The van der Waals surface area contributed by atoms with Crippen molar-refractivity contribution in [2.24, 2.45) is 5.92 Å². The highest BCUT2D eigenvalue weighted by Gasteiger charge is 2.30. The molecule has 0 unspecified atom stereocenters. The Balaban J connectivity index is 1.66. The molecule has 0 saturated carbocycles. The van der Waals surface area contributed by atoms with Gasteiger partial charge in [-0.25, -0.2) is 4.39 Å². The lowest BCUT2D eigenvalue weighted by molar-refractivity contribution is -0.139. The Morgan fingerprint density at radius 3 is 3.00 bits per heavy atom. The van der Waals surface area contributed by atoms with E-state index < -0.39 is 0 Å². The average Bonchev–Trinajstić information content (AvgIpc) is 3.08. The van der Waals surface area contributed by atoms with Crippen molar-refractivity contribution in [3.8, 4) is 0 Å². The van der Waals surface area contributed by atoms with Crippen LogP contribution in [0.3, 0.4) is 0 Å². The number of likely N-dealkylation sites (tertiary alicyclic amines) is 1. The average molecular weight is 329 g/mol. The second-order valence-corrected chi connectivity index (χ2v) is 6.64. The van der Waals surface area contributed by atoms with Gasteiger partial charge in [-0.2, -0.15) is 5.10 Å². The molecule has 1 aromatic heterocycles. The van der Waals surface area contributed by atoms with Crippen LogP contribution in [-0.4, -0.2) is 33.2 Å². The van der Waals surface area contributed by atoms with Crippen molar-refractivity contribution >= 4 is 5.91 Å². The van der Waals surface area contributed by atoms with Crippen LogP contribution in [-0.2, 0) is 17.8 Å². The Morgan fingerprint density at radius 1 is 1.38 bits per heavy atom. The number of carbonyl (C=O) groups is 1. The Hall–Kier alpha value is -2.17. The minimum Gasteiger partial charge on any atom is -0.338 e. The molecule has 1 aliphatic rings. The van der Waals surface area contributed by atoms with Crippen LogP contribution in [0.4, 0.5) is 4.39 Å². The molecule has 1 fully saturated rings. The quantitative estimate of drug-likeness (QED) is 0.844. The number of rotatable bonds is 5. The van der Waals surface area contributed by atoms with Crippen LogP contribution < -0.4 is 0 Å². The maximum absolute atomic E-state index is 13.3. The summed E-state index contributed by atoms with van der Waals surface area (Å²) < 4.78 is 15.2. The Morgan fingerprint density at radius 2 is 2.25 bits per heavy atom. The van der Waals surface area contributed by atoms with Gasteiger partial charge in [0.2, 0.25) is 5.91 Å². The van der Waals surface area contributed by atoms with Crippen LogP contribution in [0.15, 0.2) is 42.7 Å². The van der Waals surface area contributed by atoms with Crippen LogP contribution in [0.5, 0.6) is 0 Å². The van der Waals surface area contributed by atoms with Crippen molar-refractivity contribution in [2.45, 2.75) is 45.2 Å². The molecule has 24 heavy (non-hydrogen) atoms. The second-order valence-electron chi connectivity index (χ2n) is 6.64. The molecule has 3 rings (SSSR count). The van der Waals surface area contributed by atoms with E-state index in [9.17, 15) is 9.18 Å². The molecular formula is C19H24FN3O. The van der Waals surface area contributed by atoms with E-state index in [1.165, 1.54) is 12.1 Å². The van der Waals surface area contributed by atoms with Gasteiger partial charge in [0.1, 0.15) is 5.82 Å². The van der Waals surface area contributed by atoms with Gasteiger partial charge in [-0.1, -0.05) is 19.1 Å². The van der Waals surface area contributed by atoms with Crippen molar-refractivity contribution in [1.82, 2.24) is 14.7 Å². The Labute approximate surface area is 142 Å². The number of nitrogens with zero attached hydrogens (tertiary/aromatic N) is 3. The van der Waals surface area contributed by atoms with E-state index in [1.54, 1.807) is 12.3 Å². The molecule has 0 aliphatic carbocycles. The lowest BCUT2D eigenvalue weighted by Crippen LogP contribution is -2.48. The number of hydrogen-bond acceptors (Lipinski definition) is 2. The summed E-state index contributed by atoms with van der Waals surface area (Å²) in [6.45, 7) is 3.48. The van der Waals surface area contributed by atoms with Gasteiger partial charge in [-0.15, -0.1) is 0 Å². The second kappa shape index (κ2) is 7.60. The minimum absolute atomic E-state index is 0.148. The molecule has 0 bridgehead atoms. The molecule has 1 aromatic carbocycles. The highest BCUT2D eigenvalue weighted by atomic mass is 19.1. The third-order valence-corrected chi connectivity index (χ3v) is 4.72. The molecule has 5 heteroatoms. The zero-order valence-electron chi connectivity index (χ0n) is 14.1. The predicted molar refractivity (Wildman–Crippen MR) is 90.8 cm³/mol. The van der Waals surface area contributed by atoms with Crippen molar-refractivity contribution in [1.29, 1.82) is 0 Å². The summed E-state index contributed by atoms with van der Waals surface area (Å²) >= 11 is 0. The summed E-state index contributed by atoms with van der Waals surface area (Å²) in [6, 6.07) is 8.62. The molecule has 1 aliphatic heterocycles. The van der Waals surface area contributed by atoms with Crippen LogP contribution in [0.2, 0.25) is 0 Å². The fraction of sp³-hybridized carbons (Fsp3) is 0.474. The number of aromatic nitrogens is 2. The monoisotopic (exact) mass is 329 g/mol. The number of benzene rings is 1. The third kappa shape index (κ3) is 4.02. The summed E-state index contributed by atoms with van der Waals surface area (Å²) in [4.78, 5) is 14.9. The smallest absolute Gasteiger partial charge is 0.226 e. The highest BCUT2D eigenvalue weighted by Crippen LogP contribution is 2.22. The molecule has 1 saturated heterocycles. The van der Waals surface area contributed by atoms with E-state index in [1.807, 2.05) is 34.8 Å². The number of piperidine rings is 1. The predicted octanol–water partition coefficient (Wildman–Crippen LogP) is 3.28. The molecule has 2 atom stereocenters. The number of carbonyl (C=O) groups excluding carboxylic acids is 1. The Bertz CT molecular complexity index is 671. The summed E-state index contributed by atoms with van der Waals surface area (Å²) in [5, 5.41) is 4.26. The number of hydrogen-bond donors (Lipinski definition) is 0. The van der Waals surface area contributed by atoms with Crippen LogP contribution in [0.1, 0.15) is 31.7 Å². The largest absolute Gasteiger partial charge is 0.338 e. The van der Waals surface area contributed by atoms with Gasteiger partial charge in [0, 0.05) is 24.9 Å². The first kappa shape index (κ1) is 16.7. The molecule has 128 valence electrons. The molecule has 1 amide bonds. The standard InChI is InChI=1S/C19H24FN3O/c1-15(12-16-6-4-7-17(20)13-16)19(24)23-11-3-2-8-18(23)14-22-10-5-9-21-22/h4-7,9-10,13,15,18H,2-3,8,11-12,14H2,1H3/t15-,18-/m1/s1. The van der Waals surface area contributed by atoms with Gasteiger partial charge >= 0.3 is 0 Å². The van der Waals surface area contributed by atoms with E-state index >= 15 is 0 Å². The molecule has 0 radical (unpaired) electrons. The first-order valence-electron chi connectivity index (χ1n) is 8.66. The van der Waals surface area contributed by atoms with Crippen molar-refractivity contribution < 1.29 is 9.18 Å². The van der Waals surface area contributed by atoms with Gasteiger partial charge in [0.15, 0.2) is 0 Å². The van der Waals surface area contributed by atoms with E-state index in [0.29, 0.717) is 6.42 Å². The van der Waals surface area contributed by atoms with Crippen molar-refractivity contribution in [3.05, 3.63) is 54.1 Å². The van der Waals surface area contributed by atoms with Crippen molar-refractivity contribution in [3.63, 3.8) is 0 Å². The first-order chi connectivity index (χ1) is 11.6. The van der Waals surface area contributed by atoms with Gasteiger partial charge in [0.05, 0.1) is 12.6 Å². The Kier molecular flexibility index (Phi) is 5.28. The SMILES string of the molecule is C[C@H](Cc1cccc(F)c1)C(=O)N1CCCC[C@@H]1Cn1cccn1. The van der Waals surface area contributed by atoms with E-state index in [0.717, 1.165) is 37.9 Å². The topological polar surface area (TPSA) is 38.1 Å². The van der Waals surface area contributed by atoms with E-state index in [-0.39, 0.29) is 23.7 Å². The summed E-state index contributed by atoms with van der Waals surface area (Å²) in [5.41, 5.74) is 0.872. The lowest BCUT2D eigenvalue weighted by atomic mass is 9.95. The molecule has 4 nitrogen and oxygen atoms in total. The van der Waals surface area contributed by atoms with Crippen molar-refractivity contribution in [2.75, 3.05) is 6.54 Å². The van der Waals surface area contributed by atoms with Gasteiger partial charge in [-0.05, 0) is 49.4 Å². The van der Waals surface area contributed by atoms with Crippen LogP contribution >= 0.6 is 0 Å². The van der Waals surface area contributed by atoms with Gasteiger partial charge in [0.25, 0.3) is 0 Å². The maximum Gasteiger partial charge on any atom is 0.226 e. The molecular weight excluding hydrogens is 305 g/mol. The molecule has 0 N–H and O–H groups in total. The number of amides is 1. The van der Waals surface area contributed by atoms with Gasteiger partial charge < -0.3 is 4.90 Å². The molecule has 0 spiro atoms. The summed E-state index contributed by atoms with van der Waals surface area (Å²) in [5.74, 6) is -0.234. The van der Waals surface area contributed by atoms with Crippen LogP contribution in [0.25, 0.3) is 0 Å². The fourth-order valence-electron chi connectivity index (χ4n) is 3.49. The maximum atomic E-state index is 13.3. The van der Waals surface area contributed by atoms with Gasteiger partial charge in [-0.3, -0.25) is 9.48 Å². The summed E-state index contributed by atoms with van der Waals surface area (Å²) in [6.07, 6.45) is 7.48.